The van der Waals surface area contributed by atoms with E-state index < -0.39 is 10.0 Å². The lowest BCUT2D eigenvalue weighted by atomic mass is 9.88. The molecule has 2 aliphatic rings. The first-order valence-electron chi connectivity index (χ1n) is 11.4. The maximum atomic E-state index is 13.1. The Morgan fingerprint density at radius 1 is 1.00 bits per heavy atom. The first kappa shape index (κ1) is 22.0. The van der Waals surface area contributed by atoms with Crippen LogP contribution in [0.1, 0.15) is 77.7 Å². The lowest BCUT2D eigenvalue weighted by molar-refractivity contribution is 0.0935. The van der Waals surface area contributed by atoms with Gasteiger partial charge in [0.25, 0.3) is 5.91 Å². The van der Waals surface area contributed by atoms with Crippen molar-refractivity contribution in [3.63, 3.8) is 0 Å². The Balaban J connectivity index is 1.56. The van der Waals surface area contributed by atoms with Gasteiger partial charge in [0.2, 0.25) is 10.0 Å². The van der Waals surface area contributed by atoms with Crippen LogP contribution in [0.3, 0.4) is 0 Å². The molecule has 1 atom stereocenters. The molecule has 166 valence electrons. The molecule has 4 rings (SSSR count). The van der Waals surface area contributed by atoms with Gasteiger partial charge in [0, 0.05) is 18.7 Å². The number of carbonyl (C=O) groups excluding carboxylic acids is 1. The van der Waals surface area contributed by atoms with Crippen LogP contribution in [-0.2, 0) is 22.9 Å². The summed E-state index contributed by atoms with van der Waals surface area (Å²) in [5, 5.41) is 3.13. The molecule has 0 radical (unpaired) electrons. The lowest BCUT2D eigenvalue weighted by Crippen LogP contribution is -2.30. The summed E-state index contributed by atoms with van der Waals surface area (Å²) in [5.41, 5.74) is 5.00. The van der Waals surface area contributed by atoms with Gasteiger partial charge in [0.1, 0.15) is 0 Å². The maximum absolute atomic E-state index is 13.1. The van der Waals surface area contributed by atoms with E-state index in [0.29, 0.717) is 24.2 Å². The van der Waals surface area contributed by atoms with Crippen LogP contribution >= 0.6 is 0 Å². The molecule has 0 bridgehead atoms. The molecule has 0 aromatic heterocycles. The molecule has 1 saturated heterocycles. The molecule has 0 saturated carbocycles. The van der Waals surface area contributed by atoms with Crippen LogP contribution in [-0.4, -0.2) is 31.7 Å². The fraction of sp³-hybridized carbons (Fsp3) is 0.480. The Labute approximate surface area is 185 Å². The molecule has 1 aliphatic heterocycles. The molecule has 5 nitrogen and oxygen atoms in total. The van der Waals surface area contributed by atoms with E-state index in [1.165, 1.54) is 34.3 Å². The lowest BCUT2D eigenvalue weighted by Gasteiger charge is -2.22. The van der Waals surface area contributed by atoms with Gasteiger partial charge in [-0.15, -0.1) is 0 Å². The van der Waals surface area contributed by atoms with E-state index in [0.717, 1.165) is 37.7 Å². The molecule has 2 aromatic rings. The zero-order valence-electron chi connectivity index (χ0n) is 18.5. The molecule has 31 heavy (non-hydrogen) atoms. The topological polar surface area (TPSA) is 66.5 Å². The largest absolute Gasteiger partial charge is 0.345 e. The average molecular weight is 441 g/mol. The number of benzene rings is 2. The third-order valence-corrected chi connectivity index (χ3v) is 8.66. The molecule has 1 amide bonds. The highest BCUT2D eigenvalue weighted by atomic mass is 32.2. The number of aryl methyl sites for hydroxylation is 3. The quantitative estimate of drug-likeness (QED) is 0.717. The van der Waals surface area contributed by atoms with E-state index >= 15 is 0 Å². The van der Waals surface area contributed by atoms with Gasteiger partial charge in [-0.1, -0.05) is 31.2 Å². The molecule has 0 spiro atoms. The predicted octanol–water partition coefficient (Wildman–Crippen LogP) is 4.54. The number of hydrogen-bond acceptors (Lipinski definition) is 3. The van der Waals surface area contributed by atoms with Gasteiger partial charge >= 0.3 is 0 Å². The highest BCUT2D eigenvalue weighted by Gasteiger charge is 2.29. The van der Waals surface area contributed by atoms with Crippen molar-refractivity contribution < 1.29 is 13.2 Å². The molecule has 2 aromatic carbocycles. The minimum absolute atomic E-state index is 0.0975. The number of fused-ring (bicyclic) bond motifs is 1. The minimum atomic E-state index is -3.57. The Morgan fingerprint density at radius 2 is 1.71 bits per heavy atom. The van der Waals surface area contributed by atoms with E-state index in [-0.39, 0.29) is 16.8 Å². The van der Waals surface area contributed by atoms with Crippen molar-refractivity contribution in [2.75, 3.05) is 13.1 Å². The monoisotopic (exact) mass is 440 g/mol. The summed E-state index contributed by atoms with van der Waals surface area (Å²) >= 11 is 0. The third-order valence-electron chi connectivity index (χ3n) is 6.62. The number of nitrogens with one attached hydrogen (secondary N) is 1. The number of sulfonamides is 1. The predicted molar refractivity (Wildman–Crippen MR) is 123 cm³/mol. The molecule has 1 heterocycles. The molecule has 6 heteroatoms. The Hall–Kier alpha value is -2.18. The van der Waals surface area contributed by atoms with Crippen molar-refractivity contribution >= 4 is 15.9 Å². The van der Waals surface area contributed by atoms with Crippen LogP contribution in [0, 0.1) is 6.92 Å². The van der Waals surface area contributed by atoms with Gasteiger partial charge in [-0.3, -0.25) is 4.79 Å². The smallest absolute Gasteiger partial charge is 0.251 e. The Morgan fingerprint density at radius 3 is 2.42 bits per heavy atom. The van der Waals surface area contributed by atoms with Crippen molar-refractivity contribution in [2.24, 2.45) is 0 Å². The van der Waals surface area contributed by atoms with Crippen molar-refractivity contribution in [3.05, 3.63) is 64.2 Å². The van der Waals surface area contributed by atoms with Crippen LogP contribution in [0.4, 0.5) is 0 Å². The van der Waals surface area contributed by atoms with Gasteiger partial charge in [-0.05, 0) is 86.3 Å². The first-order chi connectivity index (χ1) is 14.9. The molecule has 1 fully saturated rings. The summed E-state index contributed by atoms with van der Waals surface area (Å²) in [5.74, 6) is -0.234. The van der Waals surface area contributed by atoms with Crippen LogP contribution in [0.2, 0.25) is 0 Å². The highest BCUT2D eigenvalue weighted by Crippen LogP contribution is 2.27. The second kappa shape index (κ2) is 9.13. The van der Waals surface area contributed by atoms with Gasteiger partial charge in [-0.25, -0.2) is 8.42 Å². The minimum Gasteiger partial charge on any atom is -0.345 e. The summed E-state index contributed by atoms with van der Waals surface area (Å²) in [7, 11) is -3.57. The SMILES string of the molecule is CC[C@@H](NC(=O)c1ccc(C)c(S(=O)(=O)N2CCCC2)c1)c1ccc2c(c1)CCCC2. The zero-order valence-corrected chi connectivity index (χ0v) is 19.3. The van der Waals surface area contributed by atoms with Crippen molar-refractivity contribution in [2.45, 2.75) is 69.7 Å². The Kier molecular flexibility index (Phi) is 6.49. The molecule has 0 unspecified atom stereocenters. The van der Waals surface area contributed by atoms with Crippen LogP contribution < -0.4 is 5.32 Å². The maximum Gasteiger partial charge on any atom is 0.251 e. The molecular weight excluding hydrogens is 408 g/mol. The van der Waals surface area contributed by atoms with E-state index in [1.807, 2.05) is 0 Å². The van der Waals surface area contributed by atoms with E-state index in [2.05, 4.69) is 30.4 Å². The van der Waals surface area contributed by atoms with Gasteiger partial charge in [-0.2, -0.15) is 4.31 Å². The summed E-state index contributed by atoms with van der Waals surface area (Å²) < 4.78 is 27.6. The summed E-state index contributed by atoms with van der Waals surface area (Å²) in [4.78, 5) is 13.3. The summed E-state index contributed by atoms with van der Waals surface area (Å²) in [6, 6.07) is 11.5. The fourth-order valence-electron chi connectivity index (χ4n) is 4.72. The third kappa shape index (κ3) is 4.55. The number of nitrogens with zero attached hydrogens (tertiary/aromatic N) is 1. The fourth-order valence-corrected chi connectivity index (χ4v) is 6.49. The summed E-state index contributed by atoms with van der Waals surface area (Å²) in [6.07, 6.45) is 7.25. The van der Waals surface area contributed by atoms with E-state index in [4.69, 9.17) is 0 Å². The van der Waals surface area contributed by atoms with E-state index in [9.17, 15) is 13.2 Å². The number of amides is 1. The number of rotatable bonds is 6. The van der Waals surface area contributed by atoms with Gasteiger partial charge in [0.05, 0.1) is 10.9 Å². The average Bonchev–Trinajstić information content (AvgIpc) is 3.33. The van der Waals surface area contributed by atoms with Gasteiger partial charge < -0.3 is 5.32 Å². The van der Waals surface area contributed by atoms with Crippen molar-refractivity contribution in [1.29, 1.82) is 0 Å². The second-order valence-corrected chi connectivity index (χ2v) is 10.7. The molecular formula is C25H32N2O3S. The van der Waals surface area contributed by atoms with Crippen LogP contribution in [0.25, 0.3) is 0 Å². The second-order valence-electron chi connectivity index (χ2n) is 8.76. The van der Waals surface area contributed by atoms with Gasteiger partial charge in [0.15, 0.2) is 0 Å². The Bertz CT molecular complexity index is 1070. The summed E-state index contributed by atoms with van der Waals surface area (Å²) in [6.45, 7) is 4.94. The van der Waals surface area contributed by atoms with Crippen LogP contribution in [0.15, 0.2) is 41.3 Å². The first-order valence-corrected chi connectivity index (χ1v) is 12.9. The number of hydrogen-bond donors (Lipinski definition) is 1. The molecule has 1 N–H and O–H groups in total. The van der Waals surface area contributed by atoms with Crippen molar-refractivity contribution in [3.8, 4) is 0 Å². The highest BCUT2D eigenvalue weighted by molar-refractivity contribution is 7.89. The normalized spacial score (nSPS) is 17.9. The van der Waals surface area contributed by atoms with Crippen molar-refractivity contribution in [1.82, 2.24) is 9.62 Å². The zero-order chi connectivity index (χ0) is 22.0. The number of carbonyl (C=O) groups is 1. The molecule has 1 aliphatic carbocycles. The van der Waals surface area contributed by atoms with Crippen LogP contribution in [0.5, 0.6) is 0 Å². The van der Waals surface area contributed by atoms with E-state index in [1.54, 1.807) is 19.1 Å². The standard InChI is InChI=1S/C25H32N2O3S/c1-3-23(21-13-12-19-8-4-5-9-20(19)16-21)26-25(28)22-11-10-18(2)24(17-22)31(29,30)27-14-6-7-15-27/h10-13,16-17,23H,3-9,14-15H2,1-2H3,(H,26,28)/t23-/m1/s1.